The molecule has 24 heavy (non-hydrogen) atoms. The third-order valence-electron chi connectivity index (χ3n) is 3.67. The Kier molecular flexibility index (Phi) is 4.09. The van der Waals surface area contributed by atoms with Crippen LogP contribution in [0.25, 0.3) is 10.8 Å². The molecule has 3 aromatic carbocycles. The second-order valence-electron chi connectivity index (χ2n) is 5.49. The maximum Gasteiger partial charge on any atom is 0.295 e. The molecule has 0 saturated heterocycles. The van der Waals surface area contributed by atoms with Crippen molar-refractivity contribution in [3.8, 4) is 0 Å². The van der Waals surface area contributed by atoms with E-state index in [0.717, 1.165) is 5.56 Å². The molecule has 2 N–H and O–H groups in total. The Morgan fingerprint density at radius 2 is 1.67 bits per heavy atom. The number of carbonyl (C=O) groups excluding carboxylic acids is 1. The standard InChI is InChI=1S/C18H15NO4S/c1-12-6-8-13(9-7-12)18(20)19-15-10-14-4-2-3-5-16(14)17(11-15)24(21,22)23/h2-11H,1H3,(H,19,20)(H,21,22,23). The Morgan fingerprint density at radius 3 is 2.33 bits per heavy atom. The zero-order chi connectivity index (χ0) is 17.3. The largest absolute Gasteiger partial charge is 0.322 e. The number of benzene rings is 3. The second kappa shape index (κ2) is 6.07. The smallest absolute Gasteiger partial charge is 0.295 e. The highest BCUT2D eigenvalue weighted by Crippen LogP contribution is 2.27. The third-order valence-corrected chi connectivity index (χ3v) is 4.57. The van der Waals surface area contributed by atoms with E-state index in [2.05, 4.69) is 5.32 Å². The monoisotopic (exact) mass is 341 g/mol. The highest BCUT2D eigenvalue weighted by molar-refractivity contribution is 7.86. The lowest BCUT2D eigenvalue weighted by Gasteiger charge is -2.10. The summed E-state index contributed by atoms with van der Waals surface area (Å²) in [6, 6.07) is 16.7. The lowest BCUT2D eigenvalue weighted by atomic mass is 10.1. The summed E-state index contributed by atoms with van der Waals surface area (Å²) in [5.41, 5.74) is 1.79. The molecule has 0 fully saturated rings. The molecular formula is C18H15NO4S. The zero-order valence-corrected chi connectivity index (χ0v) is 13.7. The number of carbonyl (C=O) groups is 1. The van der Waals surface area contributed by atoms with Crippen molar-refractivity contribution in [2.75, 3.05) is 5.32 Å². The molecule has 0 radical (unpaired) electrons. The van der Waals surface area contributed by atoms with Gasteiger partial charge in [0.05, 0.1) is 0 Å². The van der Waals surface area contributed by atoms with E-state index in [9.17, 15) is 17.8 Å². The predicted octanol–water partition coefficient (Wildman–Crippen LogP) is 3.65. The van der Waals surface area contributed by atoms with Crippen LogP contribution in [0.15, 0.2) is 65.6 Å². The van der Waals surface area contributed by atoms with E-state index in [4.69, 9.17) is 0 Å². The van der Waals surface area contributed by atoms with Crippen LogP contribution >= 0.6 is 0 Å². The summed E-state index contributed by atoms with van der Waals surface area (Å²) < 4.78 is 32.7. The minimum absolute atomic E-state index is 0.236. The average molecular weight is 341 g/mol. The van der Waals surface area contributed by atoms with Crippen molar-refractivity contribution in [2.24, 2.45) is 0 Å². The van der Waals surface area contributed by atoms with Crippen molar-refractivity contribution in [1.82, 2.24) is 0 Å². The molecule has 122 valence electrons. The summed E-state index contributed by atoms with van der Waals surface area (Å²) in [4.78, 5) is 12.1. The lowest BCUT2D eigenvalue weighted by Crippen LogP contribution is -2.12. The SMILES string of the molecule is Cc1ccc(C(=O)Nc2cc(S(=O)(=O)O)c3ccccc3c2)cc1. The Balaban J connectivity index is 2.04. The van der Waals surface area contributed by atoms with Crippen molar-refractivity contribution in [2.45, 2.75) is 11.8 Å². The van der Waals surface area contributed by atoms with Gasteiger partial charge in [-0.3, -0.25) is 9.35 Å². The van der Waals surface area contributed by atoms with E-state index in [1.54, 1.807) is 42.5 Å². The van der Waals surface area contributed by atoms with Crippen molar-refractivity contribution in [1.29, 1.82) is 0 Å². The van der Waals surface area contributed by atoms with Gasteiger partial charge in [0.1, 0.15) is 4.90 Å². The van der Waals surface area contributed by atoms with Crippen LogP contribution in [-0.2, 0) is 10.1 Å². The summed E-state index contributed by atoms with van der Waals surface area (Å²) in [7, 11) is -4.41. The molecule has 6 heteroatoms. The highest BCUT2D eigenvalue weighted by atomic mass is 32.2. The second-order valence-corrected chi connectivity index (χ2v) is 6.88. The van der Waals surface area contributed by atoms with Gasteiger partial charge in [-0.05, 0) is 36.6 Å². The summed E-state index contributed by atoms with van der Waals surface area (Å²) in [6.07, 6.45) is 0. The molecule has 5 nitrogen and oxygen atoms in total. The molecule has 0 bridgehead atoms. The lowest BCUT2D eigenvalue weighted by molar-refractivity contribution is 0.102. The normalized spacial score (nSPS) is 11.4. The number of aryl methyl sites for hydroxylation is 1. The van der Waals surface area contributed by atoms with Crippen LogP contribution in [0.5, 0.6) is 0 Å². The maximum atomic E-state index is 12.3. The fourth-order valence-electron chi connectivity index (χ4n) is 2.47. The first-order valence-electron chi connectivity index (χ1n) is 7.23. The summed E-state index contributed by atoms with van der Waals surface area (Å²) in [5.74, 6) is -0.355. The molecule has 0 saturated carbocycles. The molecule has 0 atom stereocenters. The topological polar surface area (TPSA) is 83.5 Å². The van der Waals surface area contributed by atoms with E-state index in [1.807, 2.05) is 19.1 Å². The molecule has 0 aromatic heterocycles. The highest BCUT2D eigenvalue weighted by Gasteiger charge is 2.16. The molecule has 0 aliphatic heterocycles. The number of rotatable bonds is 3. The van der Waals surface area contributed by atoms with Gasteiger partial charge in [0.15, 0.2) is 0 Å². The number of nitrogens with one attached hydrogen (secondary N) is 1. The molecule has 1 amide bonds. The van der Waals surface area contributed by atoms with Crippen LogP contribution in [0, 0.1) is 6.92 Å². The fourth-order valence-corrected chi connectivity index (χ4v) is 3.21. The average Bonchev–Trinajstić information content (AvgIpc) is 2.53. The van der Waals surface area contributed by atoms with Crippen LogP contribution in [0.3, 0.4) is 0 Å². The zero-order valence-electron chi connectivity index (χ0n) is 12.9. The molecule has 0 aliphatic rings. The first kappa shape index (κ1) is 16.2. The van der Waals surface area contributed by atoms with Gasteiger partial charge in [-0.1, -0.05) is 42.0 Å². The number of amides is 1. The third kappa shape index (κ3) is 3.29. The fraction of sp³-hybridized carbons (Fsp3) is 0.0556. The summed E-state index contributed by atoms with van der Waals surface area (Å²) in [5, 5.41) is 3.67. The van der Waals surface area contributed by atoms with Crippen LogP contribution in [-0.4, -0.2) is 18.9 Å². The van der Waals surface area contributed by atoms with Gasteiger partial charge in [-0.15, -0.1) is 0 Å². The Labute approximate surface area is 139 Å². The maximum absolute atomic E-state index is 12.3. The van der Waals surface area contributed by atoms with Gasteiger partial charge in [0, 0.05) is 16.6 Å². The number of hydrogen-bond acceptors (Lipinski definition) is 3. The number of anilines is 1. The van der Waals surface area contributed by atoms with Crippen molar-refractivity contribution in [3.63, 3.8) is 0 Å². The Morgan fingerprint density at radius 1 is 1.00 bits per heavy atom. The van der Waals surface area contributed by atoms with Crippen molar-refractivity contribution in [3.05, 3.63) is 71.8 Å². The van der Waals surface area contributed by atoms with E-state index in [0.29, 0.717) is 22.0 Å². The van der Waals surface area contributed by atoms with Gasteiger partial charge in [0.2, 0.25) is 0 Å². The van der Waals surface area contributed by atoms with Crippen LogP contribution < -0.4 is 5.32 Å². The minimum Gasteiger partial charge on any atom is -0.322 e. The molecule has 0 unspecified atom stereocenters. The van der Waals surface area contributed by atoms with Gasteiger partial charge in [0.25, 0.3) is 16.0 Å². The van der Waals surface area contributed by atoms with Crippen LogP contribution in [0.2, 0.25) is 0 Å². The predicted molar refractivity (Wildman–Crippen MR) is 92.9 cm³/mol. The van der Waals surface area contributed by atoms with Crippen LogP contribution in [0.4, 0.5) is 5.69 Å². The summed E-state index contributed by atoms with van der Waals surface area (Å²) >= 11 is 0. The van der Waals surface area contributed by atoms with Crippen molar-refractivity contribution < 1.29 is 17.8 Å². The Hall–Kier alpha value is -2.70. The number of hydrogen-bond donors (Lipinski definition) is 2. The Bertz CT molecular complexity index is 1020. The first-order chi connectivity index (χ1) is 11.3. The molecule has 0 heterocycles. The first-order valence-corrected chi connectivity index (χ1v) is 8.67. The van der Waals surface area contributed by atoms with Crippen LogP contribution in [0.1, 0.15) is 15.9 Å². The minimum atomic E-state index is -4.41. The quantitative estimate of drug-likeness (QED) is 0.712. The van der Waals surface area contributed by atoms with Gasteiger partial charge in [-0.25, -0.2) is 0 Å². The van der Waals surface area contributed by atoms with Gasteiger partial charge < -0.3 is 5.32 Å². The van der Waals surface area contributed by atoms with E-state index in [-0.39, 0.29) is 10.8 Å². The van der Waals surface area contributed by atoms with E-state index < -0.39 is 10.1 Å². The molecule has 0 spiro atoms. The van der Waals surface area contributed by atoms with E-state index in [1.165, 1.54) is 6.07 Å². The van der Waals surface area contributed by atoms with Gasteiger partial charge in [-0.2, -0.15) is 8.42 Å². The number of fused-ring (bicyclic) bond motifs is 1. The molecule has 3 aromatic rings. The molecule has 3 rings (SSSR count). The van der Waals surface area contributed by atoms with Crippen molar-refractivity contribution >= 4 is 32.5 Å². The summed E-state index contributed by atoms with van der Waals surface area (Å²) in [6.45, 7) is 1.92. The van der Waals surface area contributed by atoms with Gasteiger partial charge >= 0.3 is 0 Å². The van der Waals surface area contributed by atoms with E-state index >= 15 is 0 Å². The molecular weight excluding hydrogens is 326 g/mol. The molecule has 0 aliphatic carbocycles.